The highest BCUT2D eigenvalue weighted by Gasteiger charge is 2.47. The number of methoxy groups -OCH3 is 2. The number of ether oxygens (including phenoxy) is 3. The number of carbonyl (C=O) groups is 2. The van der Waals surface area contributed by atoms with Crippen LogP contribution in [-0.2, 0) is 0 Å². The zero-order chi connectivity index (χ0) is 19.9. The summed E-state index contributed by atoms with van der Waals surface area (Å²) in [7, 11) is 3.07. The molecule has 4 rings (SSSR count). The van der Waals surface area contributed by atoms with Gasteiger partial charge in [0, 0.05) is 18.0 Å². The highest BCUT2D eigenvalue weighted by Crippen LogP contribution is 2.40. The van der Waals surface area contributed by atoms with Gasteiger partial charge < -0.3 is 19.1 Å². The highest BCUT2D eigenvalue weighted by atomic mass is 35.5. The Morgan fingerprint density at radius 2 is 2.00 bits per heavy atom. The van der Waals surface area contributed by atoms with Gasteiger partial charge in [0.2, 0.25) is 0 Å². The summed E-state index contributed by atoms with van der Waals surface area (Å²) in [6, 6.07) is 10.2. The lowest BCUT2D eigenvalue weighted by Gasteiger charge is -2.34. The quantitative estimate of drug-likeness (QED) is 0.786. The van der Waals surface area contributed by atoms with Crippen molar-refractivity contribution in [3.63, 3.8) is 0 Å². The van der Waals surface area contributed by atoms with Crippen molar-refractivity contribution in [1.82, 2.24) is 4.90 Å². The van der Waals surface area contributed by atoms with Crippen LogP contribution in [0, 0.1) is 0 Å². The number of hydrogen-bond acceptors (Lipinski definition) is 5. The fourth-order valence-electron chi connectivity index (χ4n) is 3.86. The van der Waals surface area contributed by atoms with Gasteiger partial charge in [-0.3, -0.25) is 9.59 Å². The van der Waals surface area contributed by atoms with Gasteiger partial charge in [-0.1, -0.05) is 11.6 Å². The maximum Gasteiger partial charge on any atom is 0.257 e. The number of rotatable bonds is 3. The van der Waals surface area contributed by atoms with Crippen molar-refractivity contribution in [3.05, 3.63) is 52.5 Å². The molecule has 28 heavy (non-hydrogen) atoms. The van der Waals surface area contributed by atoms with Crippen molar-refractivity contribution in [2.24, 2.45) is 0 Å². The number of carbonyl (C=O) groups excluding carboxylic acids is 2. The van der Waals surface area contributed by atoms with Gasteiger partial charge in [0.1, 0.15) is 22.8 Å². The maximum atomic E-state index is 13.0. The van der Waals surface area contributed by atoms with Crippen LogP contribution in [0.2, 0.25) is 5.02 Å². The third-order valence-electron chi connectivity index (χ3n) is 5.29. The van der Waals surface area contributed by atoms with Crippen LogP contribution in [0.1, 0.15) is 33.6 Å². The molecule has 0 aliphatic carbocycles. The van der Waals surface area contributed by atoms with E-state index in [-0.39, 0.29) is 18.1 Å². The second kappa shape index (κ2) is 7.02. The Bertz CT molecular complexity index is 960. The van der Waals surface area contributed by atoms with Gasteiger partial charge in [0.15, 0.2) is 5.78 Å². The average molecular weight is 402 g/mol. The van der Waals surface area contributed by atoms with Crippen molar-refractivity contribution in [3.8, 4) is 17.2 Å². The van der Waals surface area contributed by atoms with E-state index < -0.39 is 5.60 Å². The number of nitrogens with zero attached hydrogens (tertiary/aromatic N) is 1. The number of likely N-dealkylation sites (tertiary alicyclic amines) is 1. The molecule has 7 heteroatoms. The van der Waals surface area contributed by atoms with E-state index in [1.807, 2.05) is 0 Å². The Morgan fingerprint density at radius 1 is 1.18 bits per heavy atom. The number of ketones is 1. The van der Waals surface area contributed by atoms with Gasteiger partial charge in [-0.15, -0.1) is 0 Å². The Labute approximate surface area is 167 Å². The van der Waals surface area contributed by atoms with Crippen LogP contribution in [0.3, 0.4) is 0 Å². The van der Waals surface area contributed by atoms with E-state index in [2.05, 4.69) is 0 Å². The molecular formula is C21H20ClNO5. The Balaban J connectivity index is 1.58. The van der Waals surface area contributed by atoms with Crippen LogP contribution in [0.15, 0.2) is 36.4 Å². The molecule has 1 unspecified atom stereocenters. The molecule has 0 N–H and O–H groups in total. The molecule has 0 bridgehead atoms. The molecule has 2 aromatic carbocycles. The van der Waals surface area contributed by atoms with E-state index in [1.165, 1.54) is 7.11 Å². The summed E-state index contributed by atoms with van der Waals surface area (Å²) in [6.45, 7) is 0.825. The topological polar surface area (TPSA) is 65.1 Å². The summed E-state index contributed by atoms with van der Waals surface area (Å²) in [6.07, 6.45) is 0.808. The van der Waals surface area contributed by atoms with E-state index in [9.17, 15) is 9.59 Å². The second-order valence-corrected chi connectivity index (χ2v) is 7.50. The molecule has 0 aromatic heterocycles. The zero-order valence-corrected chi connectivity index (χ0v) is 16.4. The summed E-state index contributed by atoms with van der Waals surface area (Å²) in [4.78, 5) is 27.5. The number of Topliss-reactive ketones (excluding diaryl/α,β-unsaturated/α-hetero) is 1. The first-order valence-electron chi connectivity index (χ1n) is 8.98. The largest absolute Gasteiger partial charge is 0.497 e. The van der Waals surface area contributed by atoms with Crippen LogP contribution in [0.5, 0.6) is 17.2 Å². The summed E-state index contributed by atoms with van der Waals surface area (Å²) in [5.74, 6) is 1.42. The summed E-state index contributed by atoms with van der Waals surface area (Å²) < 4.78 is 16.7. The Kier molecular flexibility index (Phi) is 4.67. The first kappa shape index (κ1) is 18.6. The van der Waals surface area contributed by atoms with Gasteiger partial charge in [-0.05, 0) is 36.4 Å². The van der Waals surface area contributed by atoms with Crippen LogP contribution >= 0.6 is 11.6 Å². The van der Waals surface area contributed by atoms with E-state index in [4.69, 9.17) is 25.8 Å². The van der Waals surface area contributed by atoms with E-state index in [0.717, 1.165) is 0 Å². The molecule has 2 heterocycles. The Morgan fingerprint density at radius 3 is 2.75 bits per heavy atom. The average Bonchev–Trinajstić information content (AvgIpc) is 3.10. The third kappa shape index (κ3) is 3.18. The third-order valence-corrected chi connectivity index (χ3v) is 5.53. The summed E-state index contributed by atoms with van der Waals surface area (Å²) in [5, 5.41) is 0.463. The fraction of sp³-hybridized carbons (Fsp3) is 0.333. The molecule has 1 amide bonds. The molecule has 146 valence electrons. The number of hydrogen-bond donors (Lipinski definition) is 0. The minimum Gasteiger partial charge on any atom is -0.497 e. The number of fused-ring (bicyclic) bond motifs is 1. The fourth-order valence-corrected chi connectivity index (χ4v) is 4.04. The predicted molar refractivity (Wildman–Crippen MR) is 104 cm³/mol. The monoisotopic (exact) mass is 401 g/mol. The first-order chi connectivity index (χ1) is 13.4. The molecule has 2 aromatic rings. The van der Waals surface area contributed by atoms with Gasteiger partial charge in [-0.25, -0.2) is 0 Å². The molecule has 6 nitrogen and oxygen atoms in total. The number of halogens is 1. The first-order valence-corrected chi connectivity index (χ1v) is 9.35. The van der Waals surface area contributed by atoms with Gasteiger partial charge in [-0.2, -0.15) is 0 Å². The summed E-state index contributed by atoms with van der Waals surface area (Å²) >= 11 is 6.06. The van der Waals surface area contributed by atoms with Gasteiger partial charge in [0.25, 0.3) is 5.91 Å². The van der Waals surface area contributed by atoms with E-state index >= 15 is 0 Å². The van der Waals surface area contributed by atoms with E-state index in [0.29, 0.717) is 52.9 Å². The molecule has 1 spiro atoms. The minimum absolute atomic E-state index is 0.00483. The van der Waals surface area contributed by atoms with Crippen molar-refractivity contribution >= 4 is 23.3 Å². The van der Waals surface area contributed by atoms with Gasteiger partial charge >= 0.3 is 0 Å². The molecule has 2 aliphatic heterocycles. The zero-order valence-electron chi connectivity index (χ0n) is 15.7. The predicted octanol–water partition coefficient (Wildman–Crippen LogP) is 3.61. The van der Waals surface area contributed by atoms with Crippen LogP contribution in [0.4, 0.5) is 0 Å². The van der Waals surface area contributed by atoms with Crippen molar-refractivity contribution in [2.75, 3.05) is 27.3 Å². The van der Waals surface area contributed by atoms with Gasteiger partial charge in [0.05, 0.1) is 38.3 Å². The minimum atomic E-state index is -0.708. The summed E-state index contributed by atoms with van der Waals surface area (Å²) in [5.41, 5.74) is 0.214. The molecular weight excluding hydrogens is 382 g/mol. The Hall–Kier alpha value is -2.73. The highest BCUT2D eigenvalue weighted by molar-refractivity contribution is 6.31. The number of benzene rings is 2. The van der Waals surface area contributed by atoms with Crippen molar-refractivity contribution in [2.45, 2.75) is 18.4 Å². The van der Waals surface area contributed by atoms with E-state index in [1.54, 1.807) is 48.4 Å². The lowest BCUT2D eigenvalue weighted by Crippen LogP contribution is -2.45. The lowest BCUT2D eigenvalue weighted by molar-refractivity contribution is 0.0427. The smallest absolute Gasteiger partial charge is 0.257 e. The molecule has 1 fully saturated rings. The van der Waals surface area contributed by atoms with Crippen LogP contribution in [0.25, 0.3) is 0 Å². The molecule has 1 saturated heterocycles. The molecule has 1 atom stereocenters. The molecule has 0 saturated carbocycles. The molecule has 0 radical (unpaired) electrons. The lowest BCUT2D eigenvalue weighted by atomic mass is 9.89. The van der Waals surface area contributed by atoms with Crippen LogP contribution < -0.4 is 14.2 Å². The molecule has 2 aliphatic rings. The van der Waals surface area contributed by atoms with Crippen LogP contribution in [-0.4, -0.2) is 49.5 Å². The maximum absolute atomic E-state index is 13.0. The normalized spacial score (nSPS) is 20.7. The van der Waals surface area contributed by atoms with Crippen molar-refractivity contribution in [1.29, 1.82) is 0 Å². The SMILES string of the molecule is COc1ccc2c(c1)C(=O)CC1(CCN(C(=O)c3cc(Cl)ccc3OC)C1)O2. The standard InChI is InChI=1S/C21H20ClNO5/c1-26-14-4-6-19-15(10-14)17(24)11-21(28-19)7-8-23(12-21)20(25)16-9-13(22)3-5-18(16)27-2/h3-6,9-10H,7-8,11-12H2,1-2H3. The second-order valence-electron chi connectivity index (χ2n) is 7.07. The number of amides is 1. The van der Waals surface area contributed by atoms with Crippen molar-refractivity contribution < 1.29 is 23.8 Å².